The van der Waals surface area contributed by atoms with Gasteiger partial charge in [-0.15, -0.1) is 11.3 Å². The molecule has 1 aliphatic rings. The zero-order valence-electron chi connectivity index (χ0n) is 14.9. The van der Waals surface area contributed by atoms with Gasteiger partial charge in [0.15, 0.2) is 0 Å². The summed E-state index contributed by atoms with van der Waals surface area (Å²) < 4.78 is 13.7. The van der Waals surface area contributed by atoms with Crippen molar-refractivity contribution in [2.45, 2.75) is 25.1 Å². The van der Waals surface area contributed by atoms with Gasteiger partial charge in [0.05, 0.1) is 18.2 Å². The number of halogens is 1. The van der Waals surface area contributed by atoms with Crippen molar-refractivity contribution in [1.29, 1.82) is 0 Å². The molecule has 6 nitrogen and oxygen atoms in total. The number of thiophene rings is 1. The third-order valence-corrected chi connectivity index (χ3v) is 6.07. The largest absolute Gasteiger partial charge is 0.392 e. The molecule has 8 heteroatoms. The molecule has 0 bridgehead atoms. The van der Waals surface area contributed by atoms with Crippen LogP contribution in [0.3, 0.4) is 0 Å². The molecule has 0 aliphatic carbocycles. The third kappa shape index (κ3) is 3.93. The molecule has 27 heavy (non-hydrogen) atoms. The highest BCUT2D eigenvalue weighted by atomic mass is 32.1. The van der Waals surface area contributed by atoms with E-state index >= 15 is 0 Å². The van der Waals surface area contributed by atoms with E-state index in [-0.39, 0.29) is 23.5 Å². The maximum absolute atomic E-state index is 13.1. The number of aromatic amines is 1. The Morgan fingerprint density at radius 2 is 2.19 bits per heavy atom. The molecule has 2 unspecified atom stereocenters. The number of likely N-dealkylation sites (tertiary alicyclic amines) is 1. The van der Waals surface area contributed by atoms with E-state index in [0.29, 0.717) is 29.1 Å². The summed E-state index contributed by atoms with van der Waals surface area (Å²) in [5, 5.41) is 13.0. The van der Waals surface area contributed by atoms with Gasteiger partial charge < -0.3 is 15.4 Å². The van der Waals surface area contributed by atoms with E-state index in [2.05, 4.69) is 20.2 Å². The standard InChI is InChI=1S/C19H21FN4O2S/c1-24-10-14(25)6-13(24)8-21-9-17-22-15-7-16(27-18(15)19(26)23-17)11-2-4-12(20)5-3-11/h2-5,7,13-14,21,25H,6,8-10H2,1H3,(H,22,23,26). The van der Waals surface area contributed by atoms with E-state index < -0.39 is 0 Å². The lowest BCUT2D eigenvalue weighted by Crippen LogP contribution is -2.35. The van der Waals surface area contributed by atoms with E-state index in [1.165, 1.54) is 23.5 Å². The van der Waals surface area contributed by atoms with Crippen molar-refractivity contribution in [3.05, 3.63) is 52.3 Å². The number of H-pyrrole nitrogens is 1. The summed E-state index contributed by atoms with van der Waals surface area (Å²) in [5.74, 6) is 0.293. The molecule has 0 spiro atoms. The number of likely N-dealkylation sites (N-methyl/N-ethyl adjacent to an activating group) is 1. The van der Waals surface area contributed by atoms with Crippen LogP contribution in [0, 0.1) is 5.82 Å². The Hall–Kier alpha value is -2.13. The average Bonchev–Trinajstić information content (AvgIpc) is 3.19. The number of hydrogen-bond acceptors (Lipinski definition) is 6. The zero-order chi connectivity index (χ0) is 19.0. The predicted octanol–water partition coefficient (Wildman–Crippen LogP) is 1.95. The first kappa shape index (κ1) is 18.2. The Labute approximate surface area is 159 Å². The Kier molecular flexibility index (Phi) is 5.05. The Morgan fingerprint density at radius 1 is 1.41 bits per heavy atom. The van der Waals surface area contributed by atoms with Gasteiger partial charge in [0.1, 0.15) is 16.3 Å². The molecule has 0 amide bonds. The lowest BCUT2D eigenvalue weighted by atomic mass is 10.2. The number of nitrogens with zero attached hydrogens (tertiary/aromatic N) is 2. The number of aliphatic hydroxyl groups excluding tert-OH is 1. The number of aliphatic hydroxyl groups is 1. The molecule has 1 aromatic carbocycles. The number of aromatic nitrogens is 2. The summed E-state index contributed by atoms with van der Waals surface area (Å²) in [5.41, 5.74) is 1.35. The Balaban J connectivity index is 1.49. The first-order valence-corrected chi connectivity index (χ1v) is 9.69. The van der Waals surface area contributed by atoms with Crippen LogP contribution in [-0.4, -0.2) is 52.3 Å². The van der Waals surface area contributed by atoms with E-state index in [1.807, 2.05) is 13.1 Å². The first-order valence-electron chi connectivity index (χ1n) is 8.87. The molecular weight excluding hydrogens is 367 g/mol. The first-order chi connectivity index (χ1) is 13.0. The highest BCUT2D eigenvalue weighted by molar-refractivity contribution is 7.22. The minimum absolute atomic E-state index is 0.163. The van der Waals surface area contributed by atoms with E-state index in [0.717, 1.165) is 23.4 Å². The molecule has 1 fully saturated rings. The molecule has 3 N–H and O–H groups in total. The smallest absolute Gasteiger partial charge is 0.268 e. The molecule has 4 rings (SSSR count). The monoisotopic (exact) mass is 388 g/mol. The van der Waals surface area contributed by atoms with Crippen molar-refractivity contribution in [3.8, 4) is 10.4 Å². The molecule has 1 aliphatic heterocycles. The molecular formula is C19H21FN4O2S. The fourth-order valence-corrected chi connectivity index (χ4v) is 4.47. The van der Waals surface area contributed by atoms with Crippen LogP contribution >= 0.6 is 11.3 Å². The molecule has 3 aromatic rings. The second kappa shape index (κ2) is 7.47. The summed E-state index contributed by atoms with van der Waals surface area (Å²) in [7, 11) is 2.00. The van der Waals surface area contributed by atoms with Gasteiger partial charge in [-0.2, -0.15) is 0 Å². The van der Waals surface area contributed by atoms with Gasteiger partial charge in [0, 0.05) is 24.0 Å². The normalized spacial score (nSPS) is 20.6. The van der Waals surface area contributed by atoms with Gasteiger partial charge in [0.25, 0.3) is 5.56 Å². The van der Waals surface area contributed by atoms with Crippen LogP contribution < -0.4 is 10.9 Å². The van der Waals surface area contributed by atoms with Crippen LogP contribution in [0.15, 0.2) is 35.1 Å². The summed E-state index contributed by atoms with van der Waals surface area (Å²) in [6.07, 6.45) is 0.477. The maximum atomic E-state index is 13.1. The molecule has 0 saturated carbocycles. The molecule has 0 radical (unpaired) electrons. The van der Waals surface area contributed by atoms with Gasteiger partial charge >= 0.3 is 0 Å². The second-order valence-corrected chi connectivity index (χ2v) is 8.01. The highest BCUT2D eigenvalue weighted by Gasteiger charge is 2.27. The van der Waals surface area contributed by atoms with Crippen LogP contribution in [0.25, 0.3) is 20.7 Å². The second-order valence-electron chi connectivity index (χ2n) is 6.96. The van der Waals surface area contributed by atoms with Gasteiger partial charge in [-0.3, -0.25) is 9.69 Å². The SMILES string of the molecule is CN1CC(O)CC1CNCc1nc2cc(-c3ccc(F)cc3)sc2c(=O)[nH]1. The number of benzene rings is 1. The van der Waals surface area contributed by atoms with Gasteiger partial charge in [-0.25, -0.2) is 9.37 Å². The van der Waals surface area contributed by atoms with Crippen LogP contribution in [0.5, 0.6) is 0 Å². The summed E-state index contributed by atoms with van der Waals surface area (Å²) in [4.78, 5) is 22.8. The third-order valence-electron chi connectivity index (χ3n) is 4.90. The van der Waals surface area contributed by atoms with E-state index in [9.17, 15) is 14.3 Å². The molecule has 142 valence electrons. The van der Waals surface area contributed by atoms with Crippen molar-refractivity contribution < 1.29 is 9.50 Å². The van der Waals surface area contributed by atoms with Crippen LogP contribution in [0.4, 0.5) is 4.39 Å². The van der Waals surface area contributed by atoms with Crippen LogP contribution in [0.1, 0.15) is 12.2 Å². The van der Waals surface area contributed by atoms with E-state index in [4.69, 9.17) is 0 Å². The summed E-state index contributed by atoms with van der Waals surface area (Å²) >= 11 is 1.35. The van der Waals surface area contributed by atoms with Crippen LogP contribution in [0.2, 0.25) is 0 Å². The van der Waals surface area contributed by atoms with Crippen LogP contribution in [-0.2, 0) is 6.54 Å². The van der Waals surface area contributed by atoms with Crippen molar-refractivity contribution in [2.24, 2.45) is 0 Å². The number of nitrogens with one attached hydrogen (secondary N) is 2. The Morgan fingerprint density at radius 3 is 2.89 bits per heavy atom. The Bertz CT molecular complexity index is 1000. The zero-order valence-corrected chi connectivity index (χ0v) is 15.7. The molecule has 2 aromatic heterocycles. The molecule has 3 heterocycles. The van der Waals surface area contributed by atoms with Crippen molar-refractivity contribution in [2.75, 3.05) is 20.1 Å². The number of hydrogen-bond donors (Lipinski definition) is 3. The highest BCUT2D eigenvalue weighted by Crippen LogP contribution is 2.30. The fraction of sp³-hybridized carbons (Fsp3) is 0.368. The summed E-state index contributed by atoms with van der Waals surface area (Å²) in [6, 6.07) is 8.36. The van der Waals surface area contributed by atoms with Crippen molar-refractivity contribution in [3.63, 3.8) is 0 Å². The quantitative estimate of drug-likeness (QED) is 0.622. The maximum Gasteiger partial charge on any atom is 0.268 e. The lowest BCUT2D eigenvalue weighted by Gasteiger charge is -2.19. The number of rotatable bonds is 5. The number of fused-ring (bicyclic) bond motifs is 1. The van der Waals surface area contributed by atoms with Gasteiger partial charge in [-0.1, -0.05) is 12.1 Å². The van der Waals surface area contributed by atoms with Gasteiger partial charge in [0.2, 0.25) is 0 Å². The van der Waals surface area contributed by atoms with Crippen molar-refractivity contribution >= 4 is 21.6 Å². The topological polar surface area (TPSA) is 81.2 Å². The minimum Gasteiger partial charge on any atom is -0.392 e. The fourth-order valence-electron chi connectivity index (χ4n) is 3.47. The van der Waals surface area contributed by atoms with E-state index in [1.54, 1.807) is 12.1 Å². The molecule has 2 atom stereocenters. The average molecular weight is 388 g/mol. The summed E-state index contributed by atoms with van der Waals surface area (Å²) in [6.45, 7) is 1.86. The minimum atomic E-state index is -0.287. The number of β-amino-alcohol motifs (C(OH)–C–C–N with tert-alkyl or cyclic N) is 1. The molecule has 1 saturated heterocycles. The van der Waals surface area contributed by atoms with Crippen molar-refractivity contribution in [1.82, 2.24) is 20.2 Å². The lowest BCUT2D eigenvalue weighted by molar-refractivity contribution is 0.182. The van der Waals surface area contributed by atoms with Gasteiger partial charge in [-0.05, 0) is 37.2 Å². The predicted molar refractivity (Wildman–Crippen MR) is 104 cm³/mol.